The highest BCUT2D eigenvalue weighted by atomic mass is 16.2. The Morgan fingerprint density at radius 3 is 2.52 bits per heavy atom. The number of nitrogens with one attached hydrogen (secondary N) is 1. The van der Waals surface area contributed by atoms with E-state index in [9.17, 15) is 4.79 Å². The molecule has 2 aromatic carbocycles. The van der Waals surface area contributed by atoms with Crippen molar-refractivity contribution >= 4 is 11.6 Å². The van der Waals surface area contributed by atoms with Crippen LogP contribution in [-0.4, -0.2) is 5.91 Å². The zero-order valence-electron chi connectivity index (χ0n) is 12.2. The first-order valence-electron chi connectivity index (χ1n) is 7.08. The molecule has 110 valence electrons. The van der Waals surface area contributed by atoms with Gasteiger partial charge in [-0.25, -0.2) is 0 Å². The van der Waals surface area contributed by atoms with Crippen molar-refractivity contribution in [2.75, 3.05) is 5.73 Å². The Bertz CT molecular complexity index is 611. The van der Waals surface area contributed by atoms with E-state index in [0.29, 0.717) is 6.54 Å². The van der Waals surface area contributed by atoms with Gasteiger partial charge in [0, 0.05) is 12.2 Å². The van der Waals surface area contributed by atoms with Gasteiger partial charge in [0.2, 0.25) is 5.91 Å². The van der Waals surface area contributed by atoms with Gasteiger partial charge < -0.3 is 16.8 Å². The van der Waals surface area contributed by atoms with Gasteiger partial charge in [0.1, 0.15) is 6.04 Å². The van der Waals surface area contributed by atoms with Crippen molar-refractivity contribution in [3.8, 4) is 0 Å². The molecule has 21 heavy (non-hydrogen) atoms. The topological polar surface area (TPSA) is 81.1 Å². The summed E-state index contributed by atoms with van der Waals surface area (Å²) >= 11 is 0. The Balaban J connectivity index is 2.03. The summed E-state index contributed by atoms with van der Waals surface area (Å²) in [5.74, 6) is -0.189. The summed E-state index contributed by atoms with van der Waals surface area (Å²) < 4.78 is 0. The van der Waals surface area contributed by atoms with Crippen LogP contribution >= 0.6 is 0 Å². The second kappa shape index (κ2) is 6.90. The minimum atomic E-state index is -0.655. The molecule has 0 spiro atoms. The fourth-order valence-corrected chi connectivity index (χ4v) is 2.36. The van der Waals surface area contributed by atoms with Crippen LogP contribution in [0.1, 0.15) is 29.7 Å². The third-order valence-corrected chi connectivity index (χ3v) is 3.56. The molecule has 0 aliphatic carbocycles. The summed E-state index contributed by atoms with van der Waals surface area (Å²) in [5.41, 5.74) is 15.6. The Morgan fingerprint density at radius 1 is 1.14 bits per heavy atom. The monoisotopic (exact) mass is 283 g/mol. The molecule has 0 saturated carbocycles. The fourth-order valence-electron chi connectivity index (χ4n) is 2.36. The van der Waals surface area contributed by atoms with Gasteiger partial charge in [-0.3, -0.25) is 4.79 Å². The lowest BCUT2D eigenvalue weighted by atomic mass is 10.0. The summed E-state index contributed by atoms with van der Waals surface area (Å²) in [6, 6.07) is 14.4. The number of nitrogens with two attached hydrogens (primary N) is 2. The number of hydrogen-bond donors (Lipinski definition) is 3. The van der Waals surface area contributed by atoms with E-state index in [1.54, 1.807) is 0 Å². The lowest BCUT2D eigenvalue weighted by molar-refractivity contribution is -0.122. The van der Waals surface area contributed by atoms with Gasteiger partial charge in [-0.1, -0.05) is 49.4 Å². The SMILES string of the molecule is CCc1c(N)cccc1CNC(=O)[C@@H](N)c1ccccc1. The van der Waals surface area contributed by atoms with E-state index in [4.69, 9.17) is 11.5 Å². The standard InChI is InChI=1S/C17H21N3O/c1-2-14-13(9-6-10-15(14)18)11-20-17(21)16(19)12-7-4-3-5-8-12/h3-10,16H,2,11,18-19H2,1H3,(H,20,21)/t16-/m0/s1. The predicted octanol–water partition coefficient (Wildman–Crippen LogP) is 2.15. The van der Waals surface area contributed by atoms with Crippen molar-refractivity contribution in [3.05, 3.63) is 65.2 Å². The first-order chi connectivity index (χ1) is 10.1. The molecule has 0 aliphatic rings. The molecule has 0 aromatic heterocycles. The molecular weight excluding hydrogens is 262 g/mol. The lowest BCUT2D eigenvalue weighted by Gasteiger charge is -2.15. The summed E-state index contributed by atoms with van der Waals surface area (Å²) in [4.78, 5) is 12.1. The van der Waals surface area contributed by atoms with Crippen molar-refractivity contribution < 1.29 is 4.79 Å². The van der Waals surface area contributed by atoms with Gasteiger partial charge in [0.15, 0.2) is 0 Å². The highest BCUT2D eigenvalue weighted by Gasteiger charge is 2.15. The second-order valence-electron chi connectivity index (χ2n) is 4.94. The highest BCUT2D eigenvalue weighted by molar-refractivity contribution is 5.82. The average molecular weight is 283 g/mol. The van der Waals surface area contributed by atoms with Crippen LogP contribution in [0.5, 0.6) is 0 Å². The van der Waals surface area contributed by atoms with E-state index in [2.05, 4.69) is 5.32 Å². The quantitative estimate of drug-likeness (QED) is 0.735. The van der Waals surface area contributed by atoms with E-state index >= 15 is 0 Å². The molecule has 5 N–H and O–H groups in total. The molecule has 4 heteroatoms. The molecule has 2 rings (SSSR count). The number of anilines is 1. The molecule has 1 atom stereocenters. The van der Waals surface area contributed by atoms with Gasteiger partial charge in [-0.05, 0) is 29.2 Å². The Labute approximate surface area is 125 Å². The summed E-state index contributed by atoms with van der Waals surface area (Å²) in [6.45, 7) is 2.49. The average Bonchev–Trinajstić information content (AvgIpc) is 2.52. The molecule has 0 fully saturated rings. The van der Waals surface area contributed by atoms with Crippen LogP contribution in [0.15, 0.2) is 48.5 Å². The van der Waals surface area contributed by atoms with Gasteiger partial charge in [0.25, 0.3) is 0 Å². The van der Waals surface area contributed by atoms with E-state index in [1.165, 1.54) is 0 Å². The van der Waals surface area contributed by atoms with Crippen LogP contribution < -0.4 is 16.8 Å². The smallest absolute Gasteiger partial charge is 0.241 e. The Kier molecular flexibility index (Phi) is 4.95. The minimum absolute atomic E-state index is 0.189. The molecule has 0 unspecified atom stereocenters. The van der Waals surface area contributed by atoms with Crippen LogP contribution in [0.3, 0.4) is 0 Å². The molecule has 0 saturated heterocycles. The Morgan fingerprint density at radius 2 is 1.86 bits per heavy atom. The van der Waals surface area contributed by atoms with Gasteiger partial charge >= 0.3 is 0 Å². The molecule has 0 bridgehead atoms. The maximum absolute atomic E-state index is 12.1. The zero-order chi connectivity index (χ0) is 15.2. The number of rotatable bonds is 5. The first-order valence-corrected chi connectivity index (χ1v) is 7.08. The van der Waals surface area contributed by atoms with Crippen molar-refractivity contribution in [1.82, 2.24) is 5.32 Å². The lowest BCUT2D eigenvalue weighted by Crippen LogP contribution is -2.33. The largest absolute Gasteiger partial charge is 0.398 e. The van der Waals surface area contributed by atoms with E-state index in [0.717, 1.165) is 28.8 Å². The van der Waals surface area contributed by atoms with Crippen LogP contribution in [0.25, 0.3) is 0 Å². The molecule has 4 nitrogen and oxygen atoms in total. The van der Waals surface area contributed by atoms with Crippen molar-refractivity contribution in [3.63, 3.8) is 0 Å². The number of carbonyl (C=O) groups excluding carboxylic acids is 1. The molecule has 0 heterocycles. The summed E-state index contributed by atoms with van der Waals surface area (Å²) in [6.07, 6.45) is 0.836. The first kappa shape index (κ1) is 15.1. The predicted molar refractivity (Wildman–Crippen MR) is 85.4 cm³/mol. The molecule has 0 radical (unpaired) electrons. The van der Waals surface area contributed by atoms with E-state index < -0.39 is 6.04 Å². The number of amides is 1. The van der Waals surface area contributed by atoms with Crippen molar-refractivity contribution in [2.45, 2.75) is 25.9 Å². The summed E-state index contributed by atoms with van der Waals surface area (Å²) in [5, 5.41) is 2.88. The van der Waals surface area contributed by atoms with Crippen molar-refractivity contribution in [2.24, 2.45) is 5.73 Å². The second-order valence-corrected chi connectivity index (χ2v) is 4.94. The highest BCUT2D eigenvalue weighted by Crippen LogP contribution is 2.18. The van der Waals surface area contributed by atoms with E-state index in [-0.39, 0.29) is 5.91 Å². The number of benzene rings is 2. The third kappa shape index (κ3) is 3.61. The maximum atomic E-state index is 12.1. The molecular formula is C17H21N3O. The zero-order valence-corrected chi connectivity index (χ0v) is 12.2. The van der Waals surface area contributed by atoms with Crippen molar-refractivity contribution in [1.29, 1.82) is 0 Å². The van der Waals surface area contributed by atoms with Gasteiger partial charge in [-0.2, -0.15) is 0 Å². The number of hydrogen-bond acceptors (Lipinski definition) is 3. The summed E-state index contributed by atoms with van der Waals surface area (Å²) in [7, 11) is 0. The molecule has 2 aromatic rings. The molecule has 0 aliphatic heterocycles. The Hall–Kier alpha value is -2.33. The van der Waals surface area contributed by atoms with Gasteiger partial charge in [-0.15, -0.1) is 0 Å². The van der Waals surface area contributed by atoms with Crippen LogP contribution in [0, 0.1) is 0 Å². The van der Waals surface area contributed by atoms with Crippen LogP contribution in [-0.2, 0) is 17.8 Å². The number of nitrogen functional groups attached to an aromatic ring is 1. The van der Waals surface area contributed by atoms with E-state index in [1.807, 2.05) is 55.5 Å². The normalized spacial score (nSPS) is 11.9. The molecule has 1 amide bonds. The van der Waals surface area contributed by atoms with Crippen LogP contribution in [0.2, 0.25) is 0 Å². The van der Waals surface area contributed by atoms with Gasteiger partial charge in [0.05, 0.1) is 0 Å². The maximum Gasteiger partial charge on any atom is 0.241 e. The third-order valence-electron chi connectivity index (χ3n) is 3.56. The minimum Gasteiger partial charge on any atom is -0.398 e. The number of carbonyl (C=O) groups is 1. The van der Waals surface area contributed by atoms with Crippen LogP contribution in [0.4, 0.5) is 5.69 Å². The fraction of sp³-hybridized carbons (Fsp3) is 0.235.